The third-order valence-electron chi connectivity index (χ3n) is 4.47. The largest absolute Gasteiger partial charge is 0.378 e. The first-order chi connectivity index (χ1) is 13.6. The van der Waals surface area contributed by atoms with E-state index in [0.29, 0.717) is 5.02 Å². The van der Waals surface area contributed by atoms with E-state index in [1.54, 1.807) is 12.3 Å². The van der Waals surface area contributed by atoms with Gasteiger partial charge in [-0.05, 0) is 59.7 Å². The second-order valence-corrected chi connectivity index (χ2v) is 7.07. The molecule has 0 aliphatic carbocycles. The molecule has 138 valence electrons. The molecule has 3 heterocycles. The van der Waals surface area contributed by atoms with Crippen LogP contribution in [0.3, 0.4) is 0 Å². The lowest BCUT2D eigenvalue weighted by molar-refractivity contribution is 1.13. The first kappa shape index (κ1) is 18.1. The Bertz CT molecular complexity index is 1110. The molecule has 0 aliphatic rings. The van der Waals surface area contributed by atoms with E-state index in [2.05, 4.69) is 45.2 Å². The van der Waals surface area contributed by atoms with Crippen molar-refractivity contribution in [1.29, 1.82) is 0 Å². The highest BCUT2D eigenvalue weighted by atomic mass is 35.5. The first-order valence-electron chi connectivity index (χ1n) is 8.93. The zero-order valence-electron chi connectivity index (χ0n) is 15.7. The Hall–Kier alpha value is -3.24. The van der Waals surface area contributed by atoms with Crippen molar-refractivity contribution in [2.45, 2.75) is 0 Å². The van der Waals surface area contributed by atoms with Crippen LogP contribution in [0.5, 0.6) is 0 Å². The van der Waals surface area contributed by atoms with E-state index >= 15 is 0 Å². The Balaban J connectivity index is 1.69. The summed E-state index contributed by atoms with van der Waals surface area (Å²) in [6.45, 7) is 0. The Morgan fingerprint density at radius 1 is 0.679 bits per heavy atom. The van der Waals surface area contributed by atoms with Gasteiger partial charge in [0.2, 0.25) is 0 Å². The topological polar surface area (TPSA) is 41.9 Å². The summed E-state index contributed by atoms with van der Waals surface area (Å²) in [7, 11) is 4.07. The first-order valence-corrected chi connectivity index (χ1v) is 9.31. The van der Waals surface area contributed by atoms with Crippen molar-refractivity contribution >= 4 is 17.3 Å². The fraction of sp³-hybridized carbons (Fsp3) is 0.0870. The predicted octanol–water partition coefficient (Wildman–Crippen LogP) is 5.59. The van der Waals surface area contributed by atoms with E-state index < -0.39 is 0 Å². The summed E-state index contributed by atoms with van der Waals surface area (Å²) in [4.78, 5) is 15.7. The molecule has 28 heavy (non-hydrogen) atoms. The molecule has 0 radical (unpaired) electrons. The minimum Gasteiger partial charge on any atom is -0.378 e. The third-order valence-corrected chi connectivity index (χ3v) is 4.71. The third kappa shape index (κ3) is 3.87. The molecule has 0 bridgehead atoms. The van der Waals surface area contributed by atoms with E-state index in [-0.39, 0.29) is 0 Å². The number of anilines is 1. The van der Waals surface area contributed by atoms with Crippen molar-refractivity contribution in [3.05, 3.63) is 84.1 Å². The number of hydrogen-bond acceptors (Lipinski definition) is 4. The molecule has 0 fully saturated rings. The summed E-state index contributed by atoms with van der Waals surface area (Å²) in [5.74, 6) is 0. The monoisotopic (exact) mass is 386 g/mol. The zero-order valence-corrected chi connectivity index (χ0v) is 16.4. The molecular weight excluding hydrogens is 368 g/mol. The Kier molecular flexibility index (Phi) is 5.04. The molecule has 5 heteroatoms. The Morgan fingerprint density at radius 3 is 1.96 bits per heavy atom. The maximum absolute atomic E-state index is 6.09. The number of hydrogen-bond donors (Lipinski definition) is 0. The maximum atomic E-state index is 6.09. The molecule has 0 atom stereocenters. The molecule has 0 saturated heterocycles. The van der Waals surface area contributed by atoms with Gasteiger partial charge in [0.25, 0.3) is 0 Å². The molecule has 0 spiro atoms. The standard InChI is InChI=1S/C23H19ClN4/c1-28(2)19-8-6-16(7-9-19)17-10-12-25-22(14-17)20-4-3-5-21(27-20)23-15-18(24)11-13-26-23/h3-15H,1-2H3. The van der Waals surface area contributed by atoms with Gasteiger partial charge < -0.3 is 4.90 Å². The number of rotatable bonds is 4. The summed E-state index contributed by atoms with van der Waals surface area (Å²) in [5.41, 5.74) is 6.53. The van der Waals surface area contributed by atoms with E-state index in [9.17, 15) is 0 Å². The molecule has 1 aromatic carbocycles. The molecule has 0 amide bonds. The zero-order chi connectivity index (χ0) is 19.5. The van der Waals surface area contributed by atoms with Crippen LogP contribution in [0.15, 0.2) is 79.1 Å². The van der Waals surface area contributed by atoms with E-state index in [0.717, 1.165) is 33.9 Å². The van der Waals surface area contributed by atoms with Crippen LogP contribution in [-0.2, 0) is 0 Å². The average molecular weight is 387 g/mol. The van der Waals surface area contributed by atoms with Crippen LogP contribution in [0, 0.1) is 0 Å². The number of nitrogens with zero attached hydrogens (tertiary/aromatic N) is 4. The van der Waals surface area contributed by atoms with Crippen LogP contribution in [0.2, 0.25) is 5.02 Å². The van der Waals surface area contributed by atoms with Gasteiger partial charge in [-0.1, -0.05) is 29.8 Å². The normalized spacial score (nSPS) is 10.7. The number of pyridine rings is 3. The van der Waals surface area contributed by atoms with Crippen LogP contribution in [0.25, 0.3) is 33.9 Å². The fourth-order valence-corrected chi connectivity index (χ4v) is 3.13. The van der Waals surface area contributed by atoms with Crippen molar-refractivity contribution in [1.82, 2.24) is 15.0 Å². The lowest BCUT2D eigenvalue weighted by Gasteiger charge is -2.13. The lowest BCUT2D eigenvalue weighted by Crippen LogP contribution is -2.07. The van der Waals surface area contributed by atoms with Crippen molar-refractivity contribution in [3.63, 3.8) is 0 Å². The number of benzene rings is 1. The molecule has 4 nitrogen and oxygen atoms in total. The SMILES string of the molecule is CN(C)c1ccc(-c2ccnc(-c3cccc(-c4cc(Cl)ccn4)n3)c2)cc1. The molecule has 0 aliphatic heterocycles. The summed E-state index contributed by atoms with van der Waals surface area (Å²) in [5, 5.41) is 0.637. The average Bonchev–Trinajstić information content (AvgIpc) is 2.74. The van der Waals surface area contributed by atoms with Crippen molar-refractivity contribution in [3.8, 4) is 33.9 Å². The Labute approximate surface area is 169 Å². The van der Waals surface area contributed by atoms with Crippen molar-refractivity contribution in [2.75, 3.05) is 19.0 Å². The number of halogens is 1. The highest BCUT2D eigenvalue weighted by Gasteiger charge is 2.08. The smallest absolute Gasteiger partial charge is 0.0901 e. The summed E-state index contributed by atoms with van der Waals surface area (Å²) < 4.78 is 0. The summed E-state index contributed by atoms with van der Waals surface area (Å²) >= 11 is 6.09. The van der Waals surface area contributed by atoms with Gasteiger partial charge >= 0.3 is 0 Å². The molecule has 3 aromatic heterocycles. The van der Waals surface area contributed by atoms with Gasteiger partial charge in [0.05, 0.1) is 22.8 Å². The van der Waals surface area contributed by atoms with Gasteiger partial charge in [-0.25, -0.2) is 4.98 Å². The second kappa shape index (κ2) is 7.79. The predicted molar refractivity (Wildman–Crippen MR) is 115 cm³/mol. The van der Waals surface area contributed by atoms with Gasteiger partial charge in [0.15, 0.2) is 0 Å². The molecular formula is C23H19ClN4. The van der Waals surface area contributed by atoms with Crippen molar-refractivity contribution in [2.24, 2.45) is 0 Å². The van der Waals surface area contributed by atoms with Crippen LogP contribution >= 0.6 is 11.6 Å². The van der Waals surface area contributed by atoms with Crippen molar-refractivity contribution < 1.29 is 0 Å². The highest BCUT2D eigenvalue weighted by molar-refractivity contribution is 6.30. The van der Waals surface area contributed by atoms with Crippen LogP contribution in [-0.4, -0.2) is 29.0 Å². The fourth-order valence-electron chi connectivity index (χ4n) is 2.97. The molecule has 0 N–H and O–H groups in total. The van der Waals surface area contributed by atoms with Gasteiger partial charge in [-0.15, -0.1) is 0 Å². The van der Waals surface area contributed by atoms with Gasteiger partial charge in [0.1, 0.15) is 0 Å². The Morgan fingerprint density at radius 2 is 1.32 bits per heavy atom. The van der Waals surface area contributed by atoms with E-state index in [4.69, 9.17) is 16.6 Å². The van der Waals surface area contributed by atoms with Gasteiger partial charge in [0, 0.05) is 37.2 Å². The van der Waals surface area contributed by atoms with Crippen LogP contribution < -0.4 is 4.90 Å². The van der Waals surface area contributed by atoms with E-state index in [1.807, 2.05) is 50.6 Å². The minimum atomic E-state index is 0.637. The second-order valence-electron chi connectivity index (χ2n) is 6.64. The van der Waals surface area contributed by atoms with Gasteiger partial charge in [-0.2, -0.15) is 0 Å². The molecule has 4 rings (SSSR count). The lowest BCUT2D eigenvalue weighted by atomic mass is 10.0. The molecule has 4 aromatic rings. The van der Waals surface area contributed by atoms with Gasteiger partial charge in [-0.3, -0.25) is 9.97 Å². The maximum Gasteiger partial charge on any atom is 0.0901 e. The highest BCUT2D eigenvalue weighted by Crippen LogP contribution is 2.27. The quantitative estimate of drug-likeness (QED) is 0.458. The number of aromatic nitrogens is 3. The van der Waals surface area contributed by atoms with Crippen LogP contribution in [0.4, 0.5) is 5.69 Å². The molecule has 0 saturated carbocycles. The van der Waals surface area contributed by atoms with E-state index in [1.165, 1.54) is 5.69 Å². The summed E-state index contributed by atoms with van der Waals surface area (Å²) in [6, 6.07) is 21.9. The minimum absolute atomic E-state index is 0.637. The van der Waals surface area contributed by atoms with Crippen LogP contribution in [0.1, 0.15) is 0 Å². The summed E-state index contributed by atoms with van der Waals surface area (Å²) in [6.07, 6.45) is 3.50. The molecule has 0 unspecified atom stereocenters.